The van der Waals surface area contributed by atoms with Gasteiger partial charge in [0, 0.05) is 25.2 Å². The van der Waals surface area contributed by atoms with Crippen molar-refractivity contribution in [2.75, 3.05) is 6.54 Å². The van der Waals surface area contributed by atoms with E-state index in [9.17, 15) is 14.4 Å². The average molecular weight is 288 g/mol. The number of rotatable bonds is 4. The number of H-pyrrole nitrogens is 1. The molecule has 0 aliphatic heterocycles. The molecule has 0 radical (unpaired) electrons. The van der Waals surface area contributed by atoms with E-state index >= 15 is 0 Å². The lowest BCUT2D eigenvalue weighted by Crippen LogP contribution is -2.30. The molecule has 2 rings (SSSR count). The van der Waals surface area contributed by atoms with Crippen LogP contribution in [0, 0.1) is 6.92 Å². The van der Waals surface area contributed by atoms with Gasteiger partial charge in [0.1, 0.15) is 5.75 Å². The van der Waals surface area contributed by atoms with Gasteiger partial charge in [-0.25, -0.2) is 0 Å². The first-order valence-electron chi connectivity index (χ1n) is 6.57. The maximum Gasteiger partial charge on any atom is 0.308 e. The van der Waals surface area contributed by atoms with Crippen molar-refractivity contribution >= 4 is 28.6 Å². The Morgan fingerprint density at radius 1 is 1.29 bits per heavy atom. The molecular weight excluding hydrogens is 272 g/mol. The Morgan fingerprint density at radius 3 is 2.62 bits per heavy atom. The number of hydrogen-bond donors (Lipinski definition) is 2. The van der Waals surface area contributed by atoms with Gasteiger partial charge in [-0.2, -0.15) is 0 Å². The van der Waals surface area contributed by atoms with Gasteiger partial charge < -0.3 is 15.0 Å². The summed E-state index contributed by atoms with van der Waals surface area (Å²) in [4.78, 5) is 38.1. The van der Waals surface area contributed by atoms with E-state index in [1.165, 1.54) is 13.1 Å². The Morgan fingerprint density at radius 2 is 2.00 bits per heavy atom. The number of Topliss-reactive ketones (excluding diaryl/α,β-unsaturated/α-hetero) is 1. The molecule has 0 aliphatic carbocycles. The number of aryl methyl sites for hydroxylation is 1. The Bertz CT molecular complexity index is 731. The fourth-order valence-electron chi connectivity index (χ4n) is 2.11. The second kappa shape index (κ2) is 5.78. The fraction of sp³-hybridized carbons (Fsp3) is 0.267. The molecule has 2 aromatic rings. The molecule has 0 spiro atoms. The summed E-state index contributed by atoms with van der Waals surface area (Å²) in [6, 6.07) is 3.55. The molecule has 1 aromatic carbocycles. The second-order valence-electron chi connectivity index (χ2n) is 4.62. The number of esters is 1. The van der Waals surface area contributed by atoms with E-state index in [1.54, 1.807) is 26.0 Å². The number of aromatic amines is 1. The molecule has 6 heteroatoms. The van der Waals surface area contributed by atoms with Crippen LogP contribution in [-0.2, 0) is 9.59 Å². The predicted molar refractivity (Wildman–Crippen MR) is 77.4 cm³/mol. The van der Waals surface area contributed by atoms with Crippen LogP contribution in [-0.4, -0.2) is 29.2 Å². The van der Waals surface area contributed by atoms with Crippen molar-refractivity contribution < 1.29 is 19.1 Å². The Balaban J connectivity index is 2.60. The van der Waals surface area contributed by atoms with E-state index in [2.05, 4.69) is 10.3 Å². The van der Waals surface area contributed by atoms with E-state index < -0.39 is 17.7 Å². The first-order valence-corrected chi connectivity index (χ1v) is 6.57. The molecule has 0 atom stereocenters. The zero-order valence-corrected chi connectivity index (χ0v) is 12.1. The number of nitrogens with one attached hydrogen (secondary N) is 2. The van der Waals surface area contributed by atoms with Crippen LogP contribution in [0.15, 0.2) is 18.3 Å². The largest absolute Gasteiger partial charge is 0.426 e. The van der Waals surface area contributed by atoms with Crippen LogP contribution < -0.4 is 10.1 Å². The van der Waals surface area contributed by atoms with Crippen LogP contribution in [0.4, 0.5) is 0 Å². The SMILES string of the molecule is CCNC(=O)C(=O)c1c[nH]c2ccc(C)c(OC(C)=O)c12. The summed E-state index contributed by atoms with van der Waals surface area (Å²) in [6.07, 6.45) is 1.45. The van der Waals surface area contributed by atoms with E-state index in [1.807, 2.05) is 0 Å². The topological polar surface area (TPSA) is 88.3 Å². The molecule has 110 valence electrons. The summed E-state index contributed by atoms with van der Waals surface area (Å²) in [5.74, 6) is -1.53. The number of hydrogen-bond acceptors (Lipinski definition) is 4. The van der Waals surface area contributed by atoms with E-state index in [4.69, 9.17) is 4.74 Å². The summed E-state index contributed by atoms with van der Waals surface area (Å²) in [5, 5.41) is 2.91. The lowest BCUT2D eigenvalue weighted by atomic mass is 10.0. The third kappa shape index (κ3) is 2.79. The van der Waals surface area contributed by atoms with Crippen molar-refractivity contribution in [1.29, 1.82) is 0 Å². The van der Waals surface area contributed by atoms with E-state index in [-0.39, 0.29) is 5.56 Å². The van der Waals surface area contributed by atoms with Gasteiger partial charge >= 0.3 is 5.97 Å². The number of ether oxygens (including phenoxy) is 1. The van der Waals surface area contributed by atoms with Crippen molar-refractivity contribution in [1.82, 2.24) is 10.3 Å². The van der Waals surface area contributed by atoms with Gasteiger partial charge in [-0.3, -0.25) is 14.4 Å². The standard InChI is InChI=1S/C15H16N2O4/c1-4-16-15(20)13(19)10-7-17-11-6-5-8(2)14(12(10)11)21-9(3)18/h5-7,17H,4H2,1-3H3,(H,16,20). The van der Waals surface area contributed by atoms with Crippen LogP contribution in [0.1, 0.15) is 29.8 Å². The van der Waals surface area contributed by atoms with Crippen LogP contribution in [0.2, 0.25) is 0 Å². The molecule has 21 heavy (non-hydrogen) atoms. The highest BCUT2D eigenvalue weighted by molar-refractivity contribution is 6.45. The van der Waals surface area contributed by atoms with Gasteiger partial charge in [-0.15, -0.1) is 0 Å². The maximum absolute atomic E-state index is 12.2. The Labute approximate surface area is 121 Å². The van der Waals surface area contributed by atoms with Gasteiger partial charge in [0.25, 0.3) is 11.7 Å². The molecule has 2 N–H and O–H groups in total. The number of aromatic nitrogens is 1. The highest BCUT2D eigenvalue weighted by Crippen LogP contribution is 2.32. The summed E-state index contributed by atoms with van der Waals surface area (Å²) >= 11 is 0. The number of amides is 1. The first kappa shape index (κ1) is 14.8. The number of carbonyl (C=O) groups is 3. The van der Waals surface area contributed by atoms with Gasteiger partial charge in [-0.05, 0) is 25.5 Å². The molecule has 0 saturated heterocycles. The van der Waals surface area contributed by atoms with Crippen molar-refractivity contribution in [3.05, 3.63) is 29.5 Å². The van der Waals surface area contributed by atoms with Crippen molar-refractivity contribution in [3.63, 3.8) is 0 Å². The molecule has 0 fully saturated rings. The molecule has 6 nitrogen and oxygen atoms in total. The lowest BCUT2D eigenvalue weighted by Gasteiger charge is -2.08. The normalized spacial score (nSPS) is 10.4. The monoisotopic (exact) mass is 288 g/mol. The summed E-state index contributed by atoms with van der Waals surface area (Å²) in [6.45, 7) is 5.15. The number of fused-ring (bicyclic) bond motifs is 1. The Hall–Kier alpha value is -2.63. The minimum absolute atomic E-state index is 0.191. The third-order valence-corrected chi connectivity index (χ3v) is 3.03. The van der Waals surface area contributed by atoms with Gasteiger partial charge in [-0.1, -0.05) is 6.07 Å². The molecule has 1 amide bonds. The molecule has 1 heterocycles. The molecule has 1 aromatic heterocycles. The van der Waals surface area contributed by atoms with Crippen LogP contribution in [0.3, 0.4) is 0 Å². The predicted octanol–water partition coefficient (Wildman–Crippen LogP) is 1.72. The van der Waals surface area contributed by atoms with E-state index in [0.717, 1.165) is 0 Å². The third-order valence-electron chi connectivity index (χ3n) is 3.03. The molecular formula is C15H16N2O4. The van der Waals surface area contributed by atoms with Crippen molar-refractivity contribution in [2.45, 2.75) is 20.8 Å². The second-order valence-corrected chi connectivity index (χ2v) is 4.62. The van der Waals surface area contributed by atoms with Gasteiger partial charge in [0.2, 0.25) is 0 Å². The minimum atomic E-state index is -0.686. The number of likely N-dealkylation sites (N-methyl/N-ethyl adjacent to an activating group) is 1. The van der Waals surface area contributed by atoms with Crippen molar-refractivity contribution in [2.24, 2.45) is 0 Å². The van der Waals surface area contributed by atoms with Crippen LogP contribution in [0.5, 0.6) is 5.75 Å². The quantitative estimate of drug-likeness (QED) is 0.388. The summed E-state index contributed by atoms with van der Waals surface area (Å²) in [7, 11) is 0. The Kier molecular flexibility index (Phi) is 4.07. The lowest BCUT2D eigenvalue weighted by molar-refractivity contribution is -0.131. The van der Waals surface area contributed by atoms with Gasteiger partial charge in [0.05, 0.1) is 10.9 Å². The zero-order chi connectivity index (χ0) is 15.6. The highest BCUT2D eigenvalue weighted by atomic mass is 16.5. The average Bonchev–Trinajstić information content (AvgIpc) is 2.85. The highest BCUT2D eigenvalue weighted by Gasteiger charge is 2.23. The molecule has 0 aliphatic rings. The molecule has 0 saturated carbocycles. The smallest absolute Gasteiger partial charge is 0.308 e. The fourth-order valence-corrected chi connectivity index (χ4v) is 2.11. The van der Waals surface area contributed by atoms with Gasteiger partial charge in [0.15, 0.2) is 0 Å². The molecule has 0 bridgehead atoms. The number of ketones is 1. The zero-order valence-electron chi connectivity index (χ0n) is 12.1. The summed E-state index contributed by atoms with van der Waals surface area (Å²) in [5.41, 5.74) is 1.53. The van der Waals surface area contributed by atoms with Crippen LogP contribution in [0.25, 0.3) is 10.9 Å². The number of carbonyl (C=O) groups excluding carboxylic acids is 3. The van der Waals surface area contributed by atoms with Crippen LogP contribution >= 0.6 is 0 Å². The van der Waals surface area contributed by atoms with E-state index in [0.29, 0.717) is 28.8 Å². The minimum Gasteiger partial charge on any atom is -0.426 e. The number of benzene rings is 1. The summed E-state index contributed by atoms with van der Waals surface area (Å²) < 4.78 is 5.20. The molecule has 0 unspecified atom stereocenters. The first-order chi connectivity index (χ1) is 9.95. The maximum atomic E-state index is 12.2. The van der Waals surface area contributed by atoms with Crippen molar-refractivity contribution in [3.8, 4) is 5.75 Å².